The Kier molecular flexibility index (Phi) is 2.01. The van der Waals surface area contributed by atoms with Crippen LogP contribution < -0.4 is 0 Å². The SMILES string of the molecule is N#CCCc1cccc2c[nH]cc12. The van der Waals surface area contributed by atoms with Crippen LogP contribution in [-0.4, -0.2) is 4.98 Å². The van der Waals surface area contributed by atoms with Crippen molar-refractivity contribution in [1.29, 1.82) is 5.26 Å². The second-order valence-electron chi connectivity index (χ2n) is 3.03. The number of aryl methyl sites for hydroxylation is 1. The predicted molar refractivity (Wildman–Crippen MR) is 52.2 cm³/mol. The average Bonchev–Trinajstić information content (AvgIpc) is 2.62. The van der Waals surface area contributed by atoms with Gasteiger partial charge >= 0.3 is 0 Å². The van der Waals surface area contributed by atoms with E-state index in [4.69, 9.17) is 5.26 Å². The molecule has 1 heterocycles. The average molecular weight is 170 g/mol. The van der Waals surface area contributed by atoms with E-state index in [1.165, 1.54) is 16.3 Å². The van der Waals surface area contributed by atoms with Crippen LogP contribution in [0.15, 0.2) is 30.6 Å². The lowest BCUT2D eigenvalue weighted by Gasteiger charge is -1.98. The van der Waals surface area contributed by atoms with Gasteiger partial charge in [-0.2, -0.15) is 5.26 Å². The van der Waals surface area contributed by atoms with Crippen LogP contribution in [0.3, 0.4) is 0 Å². The van der Waals surface area contributed by atoms with Crippen molar-refractivity contribution < 1.29 is 0 Å². The Morgan fingerprint density at radius 3 is 3.08 bits per heavy atom. The molecule has 1 aromatic carbocycles. The first-order valence-electron chi connectivity index (χ1n) is 4.33. The smallest absolute Gasteiger partial charge is 0.0625 e. The lowest BCUT2D eigenvalue weighted by atomic mass is 10.1. The van der Waals surface area contributed by atoms with Crippen molar-refractivity contribution >= 4 is 10.8 Å². The second kappa shape index (κ2) is 3.32. The van der Waals surface area contributed by atoms with Gasteiger partial charge in [-0.1, -0.05) is 18.2 Å². The van der Waals surface area contributed by atoms with E-state index in [9.17, 15) is 0 Å². The van der Waals surface area contributed by atoms with Gasteiger partial charge in [0, 0.05) is 24.2 Å². The third kappa shape index (κ3) is 1.41. The van der Waals surface area contributed by atoms with Crippen molar-refractivity contribution in [3.05, 3.63) is 36.2 Å². The quantitative estimate of drug-likeness (QED) is 0.739. The molecule has 0 bridgehead atoms. The highest BCUT2D eigenvalue weighted by Crippen LogP contribution is 2.18. The summed E-state index contributed by atoms with van der Waals surface area (Å²) in [5.74, 6) is 0. The van der Waals surface area contributed by atoms with E-state index < -0.39 is 0 Å². The summed E-state index contributed by atoms with van der Waals surface area (Å²) in [6.45, 7) is 0. The minimum Gasteiger partial charge on any atom is -0.366 e. The van der Waals surface area contributed by atoms with Gasteiger partial charge in [-0.15, -0.1) is 0 Å². The number of nitriles is 1. The number of hydrogen-bond acceptors (Lipinski definition) is 1. The molecule has 2 aromatic rings. The number of rotatable bonds is 2. The van der Waals surface area contributed by atoms with E-state index in [0.717, 1.165) is 6.42 Å². The molecule has 0 aliphatic heterocycles. The van der Waals surface area contributed by atoms with E-state index in [1.54, 1.807) is 0 Å². The van der Waals surface area contributed by atoms with Crippen LogP contribution >= 0.6 is 0 Å². The number of benzene rings is 1. The zero-order valence-corrected chi connectivity index (χ0v) is 7.25. The van der Waals surface area contributed by atoms with Crippen LogP contribution in [0.25, 0.3) is 10.8 Å². The molecule has 13 heavy (non-hydrogen) atoms. The largest absolute Gasteiger partial charge is 0.366 e. The number of H-pyrrole nitrogens is 1. The third-order valence-corrected chi connectivity index (χ3v) is 2.20. The Bertz CT molecular complexity index is 448. The van der Waals surface area contributed by atoms with Gasteiger partial charge < -0.3 is 4.98 Å². The van der Waals surface area contributed by atoms with Gasteiger partial charge in [-0.05, 0) is 17.4 Å². The minimum absolute atomic E-state index is 0.588. The van der Waals surface area contributed by atoms with Crippen molar-refractivity contribution in [2.24, 2.45) is 0 Å². The number of nitrogens with one attached hydrogen (secondary N) is 1. The predicted octanol–water partition coefficient (Wildman–Crippen LogP) is 2.62. The first kappa shape index (κ1) is 7.88. The third-order valence-electron chi connectivity index (χ3n) is 2.20. The van der Waals surface area contributed by atoms with Crippen LogP contribution in [-0.2, 0) is 6.42 Å². The summed E-state index contributed by atoms with van der Waals surface area (Å²) in [5, 5.41) is 10.9. The molecular weight excluding hydrogens is 160 g/mol. The summed E-state index contributed by atoms with van der Waals surface area (Å²) >= 11 is 0. The molecule has 2 heteroatoms. The molecule has 0 radical (unpaired) electrons. The summed E-state index contributed by atoms with van der Waals surface area (Å²) in [7, 11) is 0. The maximum atomic E-state index is 8.49. The fourth-order valence-electron chi connectivity index (χ4n) is 1.56. The molecule has 64 valence electrons. The van der Waals surface area contributed by atoms with Crippen LogP contribution in [0.1, 0.15) is 12.0 Å². The zero-order valence-electron chi connectivity index (χ0n) is 7.25. The van der Waals surface area contributed by atoms with Crippen molar-refractivity contribution in [2.75, 3.05) is 0 Å². The lowest BCUT2D eigenvalue weighted by molar-refractivity contribution is 1.02. The molecular formula is C11H10N2. The molecule has 0 spiro atoms. The molecule has 0 unspecified atom stereocenters. The van der Waals surface area contributed by atoms with Crippen LogP contribution in [0.5, 0.6) is 0 Å². The Balaban J connectivity index is 2.44. The minimum atomic E-state index is 0.588. The Morgan fingerprint density at radius 2 is 2.23 bits per heavy atom. The summed E-state index contributed by atoms with van der Waals surface area (Å²) < 4.78 is 0. The second-order valence-corrected chi connectivity index (χ2v) is 3.03. The van der Waals surface area contributed by atoms with Gasteiger partial charge in [-0.3, -0.25) is 0 Å². The fraction of sp³-hybridized carbons (Fsp3) is 0.182. The molecule has 0 saturated carbocycles. The van der Waals surface area contributed by atoms with Gasteiger partial charge in [-0.25, -0.2) is 0 Å². The van der Waals surface area contributed by atoms with Gasteiger partial charge in [0.15, 0.2) is 0 Å². The highest BCUT2D eigenvalue weighted by molar-refractivity contribution is 5.85. The molecule has 0 saturated heterocycles. The van der Waals surface area contributed by atoms with E-state index >= 15 is 0 Å². The standard InChI is InChI=1S/C11H10N2/c12-6-2-5-9-3-1-4-10-7-13-8-11(9)10/h1,3-4,7-8,13H,2,5H2. The summed E-state index contributed by atoms with van der Waals surface area (Å²) in [6, 6.07) is 8.34. The van der Waals surface area contributed by atoms with Crippen molar-refractivity contribution in [3.63, 3.8) is 0 Å². The number of aromatic nitrogens is 1. The van der Waals surface area contributed by atoms with E-state index in [-0.39, 0.29) is 0 Å². The highest BCUT2D eigenvalue weighted by Gasteiger charge is 1.99. The topological polar surface area (TPSA) is 39.6 Å². The van der Waals surface area contributed by atoms with Gasteiger partial charge in [0.2, 0.25) is 0 Å². The molecule has 0 amide bonds. The molecule has 2 rings (SSSR count). The molecule has 0 atom stereocenters. The Labute approximate surface area is 76.8 Å². The van der Waals surface area contributed by atoms with E-state index in [0.29, 0.717) is 6.42 Å². The Hall–Kier alpha value is -1.75. The molecule has 0 aliphatic carbocycles. The van der Waals surface area contributed by atoms with Crippen LogP contribution in [0, 0.1) is 11.3 Å². The maximum absolute atomic E-state index is 8.49. The first-order valence-corrected chi connectivity index (χ1v) is 4.33. The number of hydrogen-bond donors (Lipinski definition) is 1. The summed E-state index contributed by atoms with van der Waals surface area (Å²) in [5.41, 5.74) is 1.25. The molecule has 1 aromatic heterocycles. The maximum Gasteiger partial charge on any atom is 0.0625 e. The van der Waals surface area contributed by atoms with Crippen molar-refractivity contribution in [1.82, 2.24) is 4.98 Å². The van der Waals surface area contributed by atoms with Gasteiger partial charge in [0.1, 0.15) is 0 Å². The highest BCUT2D eigenvalue weighted by atomic mass is 14.6. The number of aromatic amines is 1. The Morgan fingerprint density at radius 1 is 1.31 bits per heavy atom. The molecule has 1 N–H and O–H groups in total. The molecule has 2 nitrogen and oxygen atoms in total. The van der Waals surface area contributed by atoms with Crippen molar-refractivity contribution in [2.45, 2.75) is 12.8 Å². The number of nitrogens with zero attached hydrogens (tertiary/aromatic N) is 1. The monoisotopic (exact) mass is 170 g/mol. The van der Waals surface area contributed by atoms with E-state index in [1.807, 2.05) is 18.5 Å². The molecule has 0 aliphatic rings. The van der Waals surface area contributed by atoms with Crippen LogP contribution in [0.4, 0.5) is 0 Å². The fourth-order valence-corrected chi connectivity index (χ4v) is 1.56. The zero-order chi connectivity index (χ0) is 9.10. The summed E-state index contributed by atoms with van der Waals surface area (Å²) in [4.78, 5) is 3.07. The van der Waals surface area contributed by atoms with E-state index in [2.05, 4.69) is 23.2 Å². The van der Waals surface area contributed by atoms with Gasteiger partial charge in [0.25, 0.3) is 0 Å². The van der Waals surface area contributed by atoms with Gasteiger partial charge in [0.05, 0.1) is 6.07 Å². The number of fused-ring (bicyclic) bond motifs is 1. The lowest BCUT2D eigenvalue weighted by Crippen LogP contribution is -1.83. The summed E-state index contributed by atoms with van der Waals surface area (Å²) in [6.07, 6.45) is 5.39. The van der Waals surface area contributed by atoms with Crippen LogP contribution in [0.2, 0.25) is 0 Å². The normalized spacial score (nSPS) is 10.1. The first-order chi connectivity index (χ1) is 6.42. The molecule has 0 fully saturated rings. The van der Waals surface area contributed by atoms with Crippen molar-refractivity contribution in [3.8, 4) is 6.07 Å².